The summed E-state index contributed by atoms with van der Waals surface area (Å²) in [6.07, 6.45) is 19.4. The minimum atomic E-state index is -1.67. The fourth-order valence-electron chi connectivity index (χ4n) is 3.88. The van der Waals surface area contributed by atoms with Crippen molar-refractivity contribution in [1.29, 1.82) is 0 Å². The van der Waals surface area contributed by atoms with Crippen LogP contribution in [0.5, 0.6) is 0 Å². The van der Waals surface area contributed by atoms with Gasteiger partial charge in [-0.1, -0.05) is 90.4 Å². The lowest BCUT2D eigenvalue weighted by Gasteiger charge is -2.19. The highest BCUT2D eigenvalue weighted by molar-refractivity contribution is 8.67. The molecule has 0 aromatic rings. The quantitative estimate of drug-likeness (QED) is 0.219. The van der Waals surface area contributed by atoms with E-state index < -0.39 is 10.1 Å². The Bertz CT molecular complexity index is 284. The van der Waals surface area contributed by atoms with Gasteiger partial charge in [0.15, 0.2) is 0 Å². The van der Waals surface area contributed by atoms with Crippen LogP contribution in [-0.4, -0.2) is 14.5 Å². The molecule has 3 atom stereocenters. The molecule has 0 radical (unpaired) electrons. The molecule has 1 saturated carbocycles. The van der Waals surface area contributed by atoms with Crippen molar-refractivity contribution in [2.24, 2.45) is 11.8 Å². The summed E-state index contributed by atoms with van der Waals surface area (Å²) in [5.74, 6) is 2.82. The molecule has 4 heteroatoms. The molecule has 0 aromatic heterocycles. The van der Waals surface area contributed by atoms with Crippen LogP contribution in [0.3, 0.4) is 0 Å². The van der Waals surface area contributed by atoms with Gasteiger partial charge < -0.3 is 0 Å². The van der Waals surface area contributed by atoms with Crippen molar-refractivity contribution in [1.82, 2.24) is 0 Å². The number of unbranched alkanes of at least 4 members (excludes halogenated alkanes) is 7. The Morgan fingerprint density at radius 1 is 0.909 bits per heavy atom. The first-order valence-electron chi connectivity index (χ1n) is 9.48. The molecule has 0 heterocycles. The smallest absolute Gasteiger partial charge is 0.216 e. The van der Waals surface area contributed by atoms with Crippen molar-refractivity contribution in [3.63, 3.8) is 0 Å². The van der Waals surface area contributed by atoms with E-state index in [0.29, 0.717) is 0 Å². The van der Waals surface area contributed by atoms with Gasteiger partial charge >= 0.3 is 0 Å². The van der Waals surface area contributed by atoms with Crippen LogP contribution in [0.2, 0.25) is 0 Å². The maximum atomic E-state index is 10.5. The second kappa shape index (κ2) is 13.9. The first kappa shape index (κ1) is 20.5. The summed E-state index contributed by atoms with van der Waals surface area (Å²) >= 11 is 0. The van der Waals surface area contributed by atoms with Crippen molar-refractivity contribution < 1.29 is 8.76 Å². The van der Waals surface area contributed by atoms with E-state index in [-0.39, 0.29) is 0 Å². The third kappa shape index (κ3) is 10.3. The predicted molar refractivity (Wildman–Crippen MR) is 101 cm³/mol. The minimum Gasteiger partial charge on any atom is -0.298 e. The summed E-state index contributed by atoms with van der Waals surface area (Å²) in [6.45, 7) is 2.28. The van der Waals surface area contributed by atoms with Gasteiger partial charge in [-0.3, -0.25) is 4.55 Å². The van der Waals surface area contributed by atoms with E-state index in [1.54, 1.807) is 0 Å². The van der Waals surface area contributed by atoms with Crippen LogP contribution < -0.4 is 0 Å². The van der Waals surface area contributed by atoms with Gasteiger partial charge in [-0.05, 0) is 29.1 Å². The van der Waals surface area contributed by atoms with E-state index in [0.717, 1.165) is 34.8 Å². The molecule has 22 heavy (non-hydrogen) atoms. The molecule has 0 aromatic carbocycles. The maximum Gasteiger partial charge on any atom is 0.216 e. The highest BCUT2D eigenvalue weighted by atomic mass is 33.1. The Morgan fingerprint density at radius 3 is 2.05 bits per heavy atom. The molecule has 0 aliphatic heterocycles. The molecule has 132 valence electrons. The van der Waals surface area contributed by atoms with Gasteiger partial charge in [0.2, 0.25) is 10.1 Å². The fourth-order valence-corrected chi connectivity index (χ4v) is 5.12. The van der Waals surface area contributed by atoms with E-state index >= 15 is 0 Å². The highest BCUT2D eigenvalue weighted by Crippen LogP contribution is 2.38. The molecule has 0 bridgehead atoms. The van der Waals surface area contributed by atoms with Crippen molar-refractivity contribution in [2.45, 2.75) is 96.8 Å². The van der Waals surface area contributed by atoms with Crippen LogP contribution in [0, 0.1) is 11.8 Å². The average molecular weight is 349 g/mol. The Hall–Kier alpha value is 0.460. The van der Waals surface area contributed by atoms with Crippen molar-refractivity contribution in [3.8, 4) is 0 Å². The summed E-state index contributed by atoms with van der Waals surface area (Å²) in [5, 5.41) is 0. The topological polar surface area (TPSA) is 37.3 Å². The van der Waals surface area contributed by atoms with Crippen molar-refractivity contribution >= 4 is 20.9 Å². The zero-order valence-corrected chi connectivity index (χ0v) is 16.1. The molecule has 1 unspecified atom stereocenters. The number of hydrogen-bond donors (Lipinski definition) is 1. The summed E-state index contributed by atoms with van der Waals surface area (Å²) in [6, 6.07) is 0. The van der Waals surface area contributed by atoms with Gasteiger partial charge in [-0.25, -0.2) is 4.21 Å². The molecule has 0 saturated heterocycles. The number of hydrogen-bond acceptors (Lipinski definition) is 2. The third-order valence-electron chi connectivity index (χ3n) is 5.15. The van der Waals surface area contributed by atoms with E-state index in [1.165, 1.54) is 83.5 Å². The van der Waals surface area contributed by atoms with Crippen molar-refractivity contribution in [3.05, 3.63) is 0 Å². The van der Waals surface area contributed by atoms with Crippen molar-refractivity contribution in [2.75, 3.05) is 5.75 Å². The summed E-state index contributed by atoms with van der Waals surface area (Å²) in [7, 11) is -0.508. The molecule has 1 N–H and O–H groups in total. The first-order chi connectivity index (χ1) is 10.7. The molecule has 1 aliphatic rings. The summed E-state index contributed by atoms with van der Waals surface area (Å²) in [5.41, 5.74) is 0. The zero-order valence-electron chi connectivity index (χ0n) is 14.4. The van der Waals surface area contributed by atoms with Crippen LogP contribution in [0.25, 0.3) is 0 Å². The lowest BCUT2D eigenvalue weighted by atomic mass is 9.87. The van der Waals surface area contributed by atoms with E-state index in [2.05, 4.69) is 6.92 Å². The molecular weight excluding hydrogens is 312 g/mol. The molecular formula is C18H36O2S2. The summed E-state index contributed by atoms with van der Waals surface area (Å²) < 4.78 is 19.2. The van der Waals surface area contributed by atoms with Gasteiger partial charge in [0, 0.05) is 5.75 Å². The predicted octanol–water partition coefficient (Wildman–Crippen LogP) is 6.58. The second-order valence-electron chi connectivity index (χ2n) is 6.90. The highest BCUT2D eigenvalue weighted by Gasteiger charge is 2.25. The van der Waals surface area contributed by atoms with Gasteiger partial charge in [0.25, 0.3) is 0 Å². The maximum absolute atomic E-state index is 10.5. The van der Waals surface area contributed by atoms with E-state index in [1.807, 2.05) is 0 Å². The van der Waals surface area contributed by atoms with E-state index in [4.69, 9.17) is 4.55 Å². The third-order valence-corrected chi connectivity index (χ3v) is 6.91. The van der Waals surface area contributed by atoms with Gasteiger partial charge in [-0.2, -0.15) is 0 Å². The SMILES string of the molecule is CCCCCCCC[C@H]1CCC[C@@H]1CCCCCSS(=O)O. The van der Waals surface area contributed by atoms with E-state index in [9.17, 15) is 4.21 Å². The Morgan fingerprint density at radius 2 is 1.45 bits per heavy atom. The van der Waals surface area contributed by atoms with Gasteiger partial charge in [0.1, 0.15) is 0 Å². The average Bonchev–Trinajstić information content (AvgIpc) is 2.93. The van der Waals surface area contributed by atoms with Crippen LogP contribution in [-0.2, 0) is 10.1 Å². The Labute approximate surface area is 144 Å². The Balaban J connectivity index is 1.99. The number of rotatable bonds is 14. The largest absolute Gasteiger partial charge is 0.298 e. The van der Waals surface area contributed by atoms with Crippen LogP contribution in [0.15, 0.2) is 0 Å². The lowest BCUT2D eigenvalue weighted by Crippen LogP contribution is -2.08. The Kier molecular flexibility index (Phi) is 12.9. The monoisotopic (exact) mass is 348 g/mol. The van der Waals surface area contributed by atoms with Crippen LogP contribution in [0.1, 0.15) is 96.8 Å². The first-order valence-corrected chi connectivity index (χ1v) is 12.1. The molecule has 0 amide bonds. The molecule has 1 aliphatic carbocycles. The van der Waals surface area contributed by atoms with Gasteiger partial charge in [0.05, 0.1) is 0 Å². The molecule has 2 nitrogen and oxygen atoms in total. The van der Waals surface area contributed by atoms with Gasteiger partial charge in [-0.15, -0.1) is 0 Å². The lowest BCUT2D eigenvalue weighted by molar-refractivity contribution is 0.323. The minimum absolute atomic E-state index is 0.828. The standard InChI is InChI=1S/C18H36O2S2/c1-2-3-4-5-6-8-12-17-14-11-15-18(17)13-9-7-10-16-21-22(19)20/h17-18H,2-16H2,1H3,(H,19,20)/t17-,18-/m0/s1. The normalized spacial score (nSPS) is 23.0. The summed E-state index contributed by atoms with van der Waals surface area (Å²) in [4.78, 5) is 0. The van der Waals surface area contributed by atoms with Crippen LogP contribution >= 0.6 is 10.8 Å². The van der Waals surface area contributed by atoms with Crippen LogP contribution in [0.4, 0.5) is 0 Å². The zero-order chi connectivity index (χ0) is 16.0. The molecule has 0 spiro atoms. The second-order valence-corrected chi connectivity index (χ2v) is 9.54. The molecule has 1 rings (SSSR count). The molecule has 1 fully saturated rings. The fraction of sp³-hybridized carbons (Fsp3) is 1.00.